The van der Waals surface area contributed by atoms with Crippen molar-refractivity contribution in [3.05, 3.63) is 83.6 Å². The van der Waals surface area contributed by atoms with Crippen molar-refractivity contribution < 1.29 is 13.9 Å². The van der Waals surface area contributed by atoms with Gasteiger partial charge in [0.2, 0.25) is 0 Å². The Hall–Kier alpha value is -2.79. The van der Waals surface area contributed by atoms with Crippen molar-refractivity contribution in [2.75, 3.05) is 20.3 Å². The molecule has 1 aromatic carbocycles. The summed E-state index contributed by atoms with van der Waals surface area (Å²) in [6, 6.07) is 15.9. The molecular formula is C21H24N2O3. The van der Waals surface area contributed by atoms with Crippen molar-refractivity contribution in [3.8, 4) is 0 Å². The van der Waals surface area contributed by atoms with Crippen molar-refractivity contribution in [1.29, 1.82) is 0 Å². The van der Waals surface area contributed by atoms with Crippen LogP contribution in [0.3, 0.4) is 0 Å². The molecule has 0 spiro atoms. The minimum Gasteiger partial charge on any atom is -0.459 e. The summed E-state index contributed by atoms with van der Waals surface area (Å²) >= 11 is 0. The van der Waals surface area contributed by atoms with Gasteiger partial charge in [0.15, 0.2) is 5.76 Å². The fourth-order valence-corrected chi connectivity index (χ4v) is 2.96. The number of hydrogen-bond acceptors (Lipinski definition) is 3. The molecule has 0 fully saturated rings. The van der Waals surface area contributed by atoms with E-state index in [2.05, 4.69) is 35.8 Å². The van der Waals surface area contributed by atoms with Gasteiger partial charge < -0.3 is 18.6 Å². The van der Waals surface area contributed by atoms with Gasteiger partial charge in [-0.25, -0.2) is 0 Å². The van der Waals surface area contributed by atoms with Gasteiger partial charge in [-0.15, -0.1) is 0 Å². The Morgan fingerprint density at radius 1 is 1.19 bits per heavy atom. The Bertz CT molecular complexity index is 837. The maximum Gasteiger partial charge on any atom is 0.289 e. The first-order valence-electron chi connectivity index (χ1n) is 8.68. The normalized spacial score (nSPS) is 10.8. The molecule has 0 saturated heterocycles. The first-order valence-corrected chi connectivity index (χ1v) is 8.68. The number of amides is 1. The van der Waals surface area contributed by atoms with Crippen LogP contribution in [-0.2, 0) is 17.8 Å². The lowest BCUT2D eigenvalue weighted by molar-refractivity contribution is 0.0645. The standard InChI is InChI=1S/C21H24N2O3/c1-17-6-3-7-18(14-17)15-22-10-4-8-19(22)16-23(11-13-25-2)21(24)20-9-5-12-26-20/h3-10,12,14H,11,13,15-16H2,1-2H3. The number of rotatable bonds is 8. The van der Waals surface area contributed by atoms with E-state index >= 15 is 0 Å². The topological polar surface area (TPSA) is 47.6 Å². The number of ether oxygens (including phenoxy) is 1. The van der Waals surface area contributed by atoms with E-state index in [1.165, 1.54) is 17.4 Å². The minimum atomic E-state index is -0.129. The predicted octanol–water partition coefficient (Wildman–Crippen LogP) is 3.73. The summed E-state index contributed by atoms with van der Waals surface area (Å²) in [6.07, 6.45) is 3.56. The molecule has 0 bridgehead atoms. The Labute approximate surface area is 153 Å². The highest BCUT2D eigenvalue weighted by Gasteiger charge is 2.19. The summed E-state index contributed by atoms with van der Waals surface area (Å²) in [5, 5.41) is 0. The monoisotopic (exact) mass is 352 g/mol. The van der Waals surface area contributed by atoms with Crippen LogP contribution in [0.1, 0.15) is 27.4 Å². The second-order valence-electron chi connectivity index (χ2n) is 6.31. The fourth-order valence-electron chi connectivity index (χ4n) is 2.96. The molecule has 3 aromatic rings. The maximum atomic E-state index is 12.7. The molecule has 0 N–H and O–H groups in total. The number of nitrogens with zero attached hydrogens (tertiary/aromatic N) is 2. The van der Waals surface area contributed by atoms with E-state index < -0.39 is 0 Å². The highest BCUT2D eigenvalue weighted by Crippen LogP contribution is 2.14. The SMILES string of the molecule is COCCN(Cc1cccn1Cc1cccc(C)c1)C(=O)c1ccco1. The van der Waals surface area contributed by atoms with E-state index in [4.69, 9.17) is 9.15 Å². The summed E-state index contributed by atoms with van der Waals surface area (Å²) in [5.74, 6) is 0.216. The van der Waals surface area contributed by atoms with Gasteiger partial charge in [0, 0.05) is 32.1 Å². The number of furan rings is 1. The third-order valence-corrected chi connectivity index (χ3v) is 4.30. The van der Waals surface area contributed by atoms with E-state index in [1.807, 2.05) is 18.3 Å². The molecule has 2 aromatic heterocycles. The number of benzene rings is 1. The van der Waals surface area contributed by atoms with Gasteiger partial charge >= 0.3 is 0 Å². The zero-order valence-electron chi connectivity index (χ0n) is 15.2. The van der Waals surface area contributed by atoms with Crippen LogP contribution in [0.5, 0.6) is 0 Å². The van der Waals surface area contributed by atoms with E-state index in [-0.39, 0.29) is 5.91 Å². The molecule has 0 atom stereocenters. The van der Waals surface area contributed by atoms with Crippen molar-refractivity contribution in [1.82, 2.24) is 9.47 Å². The van der Waals surface area contributed by atoms with Crippen LogP contribution in [0.15, 0.2) is 65.4 Å². The molecule has 0 aliphatic carbocycles. The highest BCUT2D eigenvalue weighted by molar-refractivity contribution is 5.91. The zero-order valence-corrected chi connectivity index (χ0v) is 15.2. The highest BCUT2D eigenvalue weighted by atomic mass is 16.5. The van der Waals surface area contributed by atoms with Gasteiger partial charge in [0.25, 0.3) is 5.91 Å². The van der Waals surface area contributed by atoms with Crippen molar-refractivity contribution in [2.45, 2.75) is 20.0 Å². The van der Waals surface area contributed by atoms with Crippen molar-refractivity contribution in [3.63, 3.8) is 0 Å². The molecule has 0 aliphatic heterocycles. The molecule has 0 unspecified atom stereocenters. The Morgan fingerprint density at radius 2 is 2.08 bits per heavy atom. The molecule has 0 radical (unpaired) electrons. The molecule has 136 valence electrons. The number of methoxy groups -OCH3 is 1. The van der Waals surface area contributed by atoms with Gasteiger partial charge in [-0.3, -0.25) is 4.79 Å². The average Bonchev–Trinajstić information content (AvgIpc) is 3.30. The number of aryl methyl sites for hydroxylation is 1. The van der Waals surface area contributed by atoms with E-state index in [1.54, 1.807) is 24.1 Å². The Kier molecular flexibility index (Phi) is 5.92. The second kappa shape index (κ2) is 8.54. The molecule has 2 heterocycles. The largest absolute Gasteiger partial charge is 0.459 e. The van der Waals surface area contributed by atoms with E-state index in [0.717, 1.165) is 12.2 Å². The number of carbonyl (C=O) groups excluding carboxylic acids is 1. The van der Waals surface area contributed by atoms with Gasteiger partial charge in [-0.05, 0) is 36.8 Å². The van der Waals surface area contributed by atoms with Crippen LogP contribution >= 0.6 is 0 Å². The van der Waals surface area contributed by atoms with Gasteiger partial charge in [-0.2, -0.15) is 0 Å². The van der Waals surface area contributed by atoms with Crippen LogP contribution < -0.4 is 0 Å². The first kappa shape index (κ1) is 18.0. The smallest absolute Gasteiger partial charge is 0.289 e. The lowest BCUT2D eigenvalue weighted by Gasteiger charge is -2.22. The van der Waals surface area contributed by atoms with Crippen LogP contribution in [0.2, 0.25) is 0 Å². The molecule has 5 heteroatoms. The Morgan fingerprint density at radius 3 is 2.81 bits per heavy atom. The summed E-state index contributed by atoms with van der Waals surface area (Å²) in [5.41, 5.74) is 3.55. The summed E-state index contributed by atoms with van der Waals surface area (Å²) in [4.78, 5) is 14.5. The molecule has 3 rings (SSSR count). The quantitative estimate of drug-likeness (QED) is 0.621. The molecule has 0 aliphatic rings. The number of carbonyl (C=O) groups is 1. The van der Waals surface area contributed by atoms with E-state index in [0.29, 0.717) is 25.5 Å². The molecular weight excluding hydrogens is 328 g/mol. The summed E-state index contributed by atoms with van der Waals surface area (Å²) < 4.78 is 12.6. The summed E-state index contributed by atoms with van der Waals surface area (Å²) in [7, 11) is 1.63. The fraction of sp³-hybridized carbons (Fsp3) is 0.286. The van der Waals surface area contributed by atoms with Crippen molar-refractivity contribution in [2.24, 2.45) is 0 Å². The third-order valence-electron chi connectivity index (χ3n) is 4.30. The van der Waals surface area contributed by atoms with Crippen LogP contribution in [0, 0.1) is 6.92 Å². The number of hydrogen-bond donors (Lipinski definition) is 0. The van der Waals surface area contributed by atoms with Gasteiger partial charge in [0.1, 0.15) is 0 Å². The average molecular weight is 352 g/mol. The predicted molar refractivity (Wildman–Crippen MR) is 100 cm³/mol. The molecule has 1 amide bonds. The van der Waals surface area contributed by atoms with E-state index in [9.17, 15) is 4.79 Å². The van der Waals surface area contributed by atoms with Crippen LogP contribution in [0.25, 0.3) is 0 Å². The second-order valence-corrected chi connectivity index (χ2v) is 6.31. The summed E-state index contributed by atoms with van der Waals surface area (Å²) in [6.45, 7) is 4.35. The lowest BCUT2D eigenvalue weighted by Crippen LogP contribution is -2.34. The molecule has 0 saturated carbocycles. The third kappa shape index (κ3) is 4.43. The van der Waals surface area contributed by atoms with Crippen LogP contribution in [-0.4, -0.2) is 35.6 Å². The first-order chi connectivity index (χ1) is 12.7. The molecule has 5 nitrogen and oxygen atoms in total. The maximum absolute atomic E-state index is 12.7. The lowest BCUT2D eigenvalue weighted by atomic mass is 10.1. The molecule has 26 heavy (non-hydrogen) atoms. The van der Waals surface area contributed by atoms with Gasteiger partial charge in [-0.1, -0.05) is 29.8 Å². The Balaban J connectivity index is 1.77. The minimum absolute atomic E-state index is 0.129. The van der Waals surface area contributed by atoms with Crippen molar-refractivity contribution >= 4 is 5.91 Å². The number of aromatic nitrogens is 1. The van der Waals surface area contributed by atoms with Gasteiger partial charge in [0.05, 0.1) is 19.4 Å². The zero-order chi connectivity index (χ0) is 18.4. The van der Waals surface area contributed by atoms with Crippen LogP contribution in [0.4, 0.5) is 0 Å².